The molecule has 0 bridgehead atoms. The van der Waals surface area contributed by atoms with Gasteiger partial charge in [-0.15, -0.1) is 0 Å². The van der Waals surface area contributed by atoms with Gasteiger partial charge < -0.3 is 9.47 Å². The molecule has 2 aromatic rings. The van der Waals surface area contributed by atoms with Gasteiger partial charge in [-0.1, -0.05) is 29.8 Å². The molecule has 5 heteroatoms. The molecule has 1 aliphatic heterocycles. The highest BCUT2D eigenvalue weighted by Gasteiger charge is 2.31. The van der Waals surface area contributed by atoms with Crippen molar-refractivity contribution < 1.29 is 4.79 Å². The zero-order valence-corrected chi connectivity index (χ0v) is 13.1. The highest BCUT2D eigenvalue weighted by Crippen LogP contribution is 2.33. The Morgan fingerprint density at radius 2 is 1.91 bits per heavy atom. The number of hydrogen-bond donors (Lipinski definition) is 0. The predicted octanol–water partition coefficient (Wildman–Crippen LogP) is 3.02. The maximum atomic E-state index is 12.8. The van der Waals surface area contributed by atoms with Crippen molar-refractivity contribution in [1.29, 1.82) is 0 Å². The maximum absolute atomic E-state index is 12.8. The zero-order chi connectivity index (χ0) is 15.7. The number of rotatable bonds is 2. The van der Waals surface area contributed by atoms with Crippen LogP contribution >= 0.6 is 11.6 Å². The lowest BCUT2D eigenvalue weighted by molar-refractivity contribution is 0.0724. The zero-order valence-electron chi connectivity index (χ0n) is 12.3. The van der Waals surface area contributed by atoms with E-state index in [0.717, 1.165) is 18.4 Å². The number of carbonyl (C=O) groups excluding carboxylic acids is 1. The Balaban J connectivity index is 1.93. The van der Waals surface area contributed by atoms with E-state index in [-0.39, 0.29) is 17.5 Å². The third-order valence-corrected chi connectivity index (χ3v) is 4.42. The van der Waals surface area contributed by atoms with Crippen LogP contribution in [0.15, 0.2) is 47.3 Å². The largest absolute Gasteiger partial charge is 0.330 e. The molecular formula is C17H17ClN2O2. The molecular weight excluding hydrogens is 300 g/mol. The van der Waals surface area contributed by atoms with Crippen molar-refractivity contribution in [2.24, 2.45) is 7.05 Å². The van der Waals surface area contributed by atoms with Crippen molar-refractivity contribution in [3.63, 3.8) is 0 Å². The lowest BCUT2D eigenvalue weighted by Crippen LogP contribution is -2.34. The summed E-state index contributed by atoms with van der Waals surface area (Å²) in [5.41, 5.74) is 1.33. The number of benzene rings is 1. The van der Waals surface area contributed by atoms with Gasteiger partial charge in [-0.05, 0) is 36.6 Å². The van der Waals surface area contributed by atoms with Crippen LogP contribution in [-0.4, -0.2) is 21.9 Å². The summed E-state index contributed by atoms with van der Waals surface area (Å²) >= 11 is 5.93. The monoisotopic (exact) mass is 316 g/mol. The Hall–Kier alpha value is -2.07. The van der Waals surface area contributed by atoms with Crippen LogP contribution in [0.2, 0.25) is 5.02 Å². The molecule has 0 saturated carbocycles. The Bertz CT molecular complexity index is 752. The number of aromatic nitrogens is 1. The molecule has 0 aliphatic carbocycles. The van der Waals surface area contributed by atoms with E-state index in [9.17, 15) is 9.59 Å². The van der Waals surface area contributed by atoms with Crippen LogP contribution in [0.3, 0.4) is 0 Å². The van der Waals surface area contributed by atoms with Crippen LogP contribution in [0.5, 0.6) is 0 Å². The Morgan fingerprint density at radius 1 is 1.18 bits per heavy atom. The third kappa shape index (κ3) is 2.66. The van der Waals surface area contributed by atoms with E-state index in [4.69, 9.17) is 11.6 Å². The minimum atomic E-state index is -0.173. The van der Waals surface area contributed by atoms with Gasteiger partial charge in [0.05, 0.1) is 6.04 Å². The Labute approximate surface area is 133 Å². The van der Waals surface area contributed by atoms with Crippen LogP contribution in [0.4, 0.5) is 0 Å². The van der Waals surface area contributed by atoms with Gasteiger partial charge in [0.2, 0.25) is 0 Å². The van der Waals surface area contributed by atoms with Crippen molar-refractivity contribution in [3.05, 3.63) is 69.1 Å². The first-order chi connectivity index (χ1) is 10.6. The highest BCUT2D eigenvalue weighted by atomic mass is 35.5. The number of amides is 1. The number of likely N-dealkylation sites (tertiary alicyclic amines) is 1. The van der Waals surface area contributed by atoms with E-state index >= 15 is 0 Å². The molecule has 1 aliphatic rings. The van der Waals surface area contributed by atoms with E-state index in [1.165, 1.54) is 10.6 Å². The second-order valence-corrected chi connectivity index (χ2v) is 5.95. The molecule has 0 radical (unpaired) electrons. The summed E-state index contributed by atoms with van der Waals surface area (Å²) in [5.74, 6) is -0.0994. The number of carbonyl (C=O) groups is 1. The van der Waals surface area contributed by atoms with E-state index in [2.05, 4.69) is 0 Å². The molecule has 1 amide bonds. The molecule has 114 valence electrons. The maximum Gasteiger partial charge on any atom is 0.271 e. The van der Waals surface area contributed by atoms with Crippen LogP contribution in [0.1, 0.15) is 34.9 Å². The van der Waals surface area contributed by atoms with Crippen LogP contribution in [0.25, 0.3) is 0 Å². The van der Waals surface area contributed by atoms with Gasteiger partial charge in [0.1, 0.15) is 5.69 Å². The first kappa shape index (κ1) is 14.9. The lowest BCUT2D eigenvalue weighted by Gasteiger charge is -2.26. The van der Waals surface area contributed by atoms with E-state index < -0.39 is 0 Å². The smallest absolute Gasteiger partial charge is 0.271 e. The van der Waals surface area contributed by atoms with Crippen LogP contribution in [0, 0.1) is 0 Å². The summed E-state index contributed by atoms with van der Waals surface area (Å²) in [7, 11) is 1.63. The van der Waals surface area contributed by atoms with Gasteiger partial charge in [-0.3, -0.25) is 9.59 Å². The SMILES string of the molecule is Cn1c(C(=O)N2CCCC2c2ccc(Cl)cc2)cccc1=O. The molecule has 1 atom stereocenters. The average Bonchev–Trinajstić information content (AvgIpc) is 2.99. The molecule has 1 aromatic heterocycles. The van der Waals surface area contributed by atoms with Crippen molar-refractivity contribution >= 4 is 17.5 Å². The number of halogens is 1. The molecule has 0 N–H and O–H groups in total. The van der Waals surface area contributed by atoms with Gasteiger partial charge in [0.15, 0.2) is 0 Å². The van der Waals surface area contributed by atoms with Gasteiger partial charge in [-0.2, -0.15) is 0 Å². The second-order valence-electron chi connectivity index (χ2n) is 5.52. The molecule has 4 nitrogen and oxygen atoms in total. The van der Waals surface area contributed by atoms with E-state index in [1.54, 1.807) is 19.2 Å². The lowest BCUT2D eigenvalue weighted by atomic mass is 10.0. The van der Waals surface area contributed by atoms with Crippen molar-refractivity contribution in [2.45, 2.75) is 18.9 Å². The topological polar surface area (TPSA) is 42.3 Å². The van der Waals surface area contributed by atoms with Gasteiger partial charge in [-0.25, -0.2) is 0 Å². The number of pyridine rings is 1. The number of hydrogen-bond acceptors (Lipinski definition) is 2. The minimum absolute atomic E-state index is 0.0417. The molecule has 1 saturated heterocycles. The van der Waals surface area contributed by atoms with Crippen LogP contribution < -0.4 is 5.56 Å². The second kappa shape index (κ2) is 5.97. The van der Waals surface area contributed by atoms with E-state index in [0.29, 0.717) is 17.3 Å². The fourth-order valence-corrected chi connectivity index (χ4v) is 3.09. The molecule has 2 heterocycles. The normalized spacial score (nSPS) is 17.7. The summed E-state index contributed by atoms with van der Waals surface area (Å²) in [5, 5.41) is 0.685. The Kier molecular flexibility index (Phi) is 4.03. The van der Waals surface area contributed by atoms with Crippen molar-refractivity contribution in [1.82, 2.24) is 9.47 Å². The third-order valence-electron chi connectivity index (χ3n) is 4.17. The van der Waals surface area contributed by atoms with Gasteiger partial charge in [0.25, 0.3) is 11.5 Å². The average molecular weight is 317 g/mol. The summed E-state index contributed by atoms with van der Waals surface area (Å²) in [4.78, 5) is 26.4. The first-order valence-corrected chi connectivity index (χ1v) is 7.68. The minimum Gasteiger partial charge on any atom is -0.330 e. The van der Waals surface area contributed by atoms with Crippen molar-refractivity contribution in [2.75, 3.05) is 6.54 Å². The summed E-state index contributed by atoms with van der Waals surface area (Å²) in [6.07, 6.45) is 1.88. The highest BCUT2D eigenvalue weighted by molar-refractivity contribution is 6.30. The fourth-order valence-electron chi connectivity index (χ4n) is 2.97. The summed E-state index contributed by atoms with van der Waals surface area (Å²) < 4.78 is 1.40. The molecule has 0 spiro atoms. The quantitative estimate of drug-likeness (QED) is 0.854. The fraction of sp³-hybridized carbons (Fsp3) is 0.294. The standard InChI is InChI=1S/C17H17ClN2O2/c1-19-15(4-2-6-16(19)21)17(22)20-11-3-5-14(20)12-7-9-13(18)10-8-12/h2,4,6-10,14H,3,5,11H2,1H3. The molecule has 1 unspecified atom stereocenters. The van der Waals surface area contributed by atoms with Gasteiger partial charge in [0, 0.05) is 24.7 Å². The first-order valence-electron chi connectivity index (χ1n) is 7.30. The predicted molar refractivity (Wildman–Crippen MR) is 86.1 cm³/mol. The molecule has 1 fully saturated rings. The molecule has 3 rings (SSSR count). The molecule has 22 heavy (non-hydrogen) atoms. The molecule has 1 aromatic carbocycles. The van der Waals surface area contributed by atoms with Crippen LogP contribution in [-0.2, 0) is 7.05 Å². The number of nitrogens with zero attached hydrogens (tertiary/aromatic N) is 2. The van der Waals surface area contributed by atoms with Gasteiger partial charge >= 0.3 is 0 Å². The van der Waals surface area contributed by atoms with E-state index in [1.807, 2.05) is 29.2 Å². The Morgan fingerprint density at radius 3 is 2.64 bits per heavy atom. The summed E-state index contributed by atoms with van der Waals surface area (Å²) in [6, 6.07) is 12.4. The van der Waals surface area contributed by atoms with Crippen molar-refractivity contribution in [3.8, 4) is 0 Å². The summed E-state index contributed by atoms with van der Waals surface area (Å²) in [6.45, 7) is 0.704.